The lowest BCUT2D eigenvalue weighted by molar-refractivity contribution is -0.113. The number of hydrogen-bond donors (Lipinski definition) is 3. The highest BCUT2D eigenvalue weighted by molar-refractivity contribution is 6.31. The number of carbonyl (C=O) groups is 2. The van der Waals surface area contributed by atoms with Crippen LogP contribution in [0.1, 0.15) is 18.5 Å². The van der Waals surface area contributed by atoms with E-state index in [4.69, 9.17) is 21.1 Å². The molecule has 0 unspecified atom stereocenters. The van der Waals surface area contributed by atoms with E-state index in [1.807, 2.05) is 0 Å². The third kappa shape index (κ3) is 4.04. The fraction of sp³-hybridized carbons (Fsp3) is 0.200. The number of nitrogens with one attached hydrogen (secondary N) is 3. The van der Waals surface area contributed by atoms with Crippen molar-refractivity contribution in [1.29, 1.82) is 0 Å². The standard InChI is InChI=1S/C20H20ClN3O4/c1-11-17(19(25)23-14-6-4-5-13(21)10-14)18(24-20(26)22-11)12-7-8-15(27-2)16(9-12)28-3/h4-10,18H,1-3H3,(H,23,25)(H2,22,24,26)/t18-/m0/s1. The number of amides is 3. The second kappa shape index (κ2) is 8.22. The number of hydrogen-bond acceptors (Lipinski definition) is 4. The first kappa shape index (κ1) is 19.6. The second-order valence-corrected chi connectivity index (χ2v) is 6.59. The molecule has 0 fully saturated rings. The summed E-state index contributed by atoms with van der Waals surface area (Å²) in [7, 11) is 3.06. The van der Waals surface area contributed by atoms with E-state index in [1.54, 1.807) is 49.4 Å². The summed E-state index contributed by atoms with van der Waals surface area (Å²) in [6.45, 7) is 1.68. The number of allylic oxidation sites excluding steroid dienone is 1. The fourth-order valence-electron chi connectivity index (χ4n) is 3.04. The first-order chi connectivity index (χ1) is 13.4. The van der Waals surface area contributed by atoms with Gasteiger partial charge in [-0.3, -0.25) is 4.79 Å². The van der Waals surface area contributed by atoms with Crippen molar-refractivity contribution >= 4 is 29.2 Å². The van der Waals surface area contributed by atoms with Gasteiger partial charge in [0, 0.05) is 16.4 Å². The van der Waals surface area contributed by atoms with Gasteiger partial charge in [-0.15, -0.1) is 0 Å². The van der Waals surface area contributed by atoms with Crippen LogP contribution in [0.2, 0.25) is 5.02 Å². The molecule has 0 saturated heterocycles. The van der Waals surface area contributed by atoms with Crippen molar-refractivity contribution in [3.63, 3.8) is 0 Å². The Morgan fingerprint density at radius 3 is 2.54 bits per heavy atom. The second-order valence-electron chi connectivity index (χ2n) is 6.15. The number of ether oxygens (including phenoxy) is 2. The van der Waals surface area contributed by atoms with E-state index < -0.39 is 12.1 Å². The van der Waals surface area contributed by atoms with E-state index in [0.29, 0.717) is 39.0 Å². The third-order valence-electron chi connectivity index (χ3n) is 4.34. The lowest BCUT2D eigenvalue weighted by atomic mass is 9.94. The summed E-state index contributed by atoms with van der Waals surface area (Å²) < 4.78 is 10.6. The molecule has 1 aliphatic heterocycles. The number of methoxy groups -OCH3 is 2. The molecule has 2 aromatic rings. The molecule has 0 spiro atoms. The van der Waals surface area contributed by atoms with Crippen LogP contribution in [0.15, 0.2) is 53.7 Å². The quantitative estimate of drug-likeness (QED) is 0.713. The minimum Gasteiger partial charge on any atom is -0.493 e. The first-order valence-electron chi connectivity index (χ1n) is 8.50. The van der Waals surface area contributed by atoms with E-state index in [-0.39, 0.29) is 5.91 Å². The lowest BCUT2D eigenvalue weighted by Crippen LogP contribution is -2.45. The average molecular weight is 402 g/mol. The van der Waals surface area contributed by atoms with Gasteiger partial charge in [0.15, 0.2) is 11.5 Å². The lowest BCUT2D eigenvalue weighted by Gasteiger charge is -2.29. The van der Waals surface area contributed by atoms with Crippen LogP contribution >= 0.6 is 11.6 Å². The molecule has 7 nitrogen and oxygen atoms in total. The maximum atomic E-state index is 13.0. The van der Waals surface area contributed by atoms with Crippen LogP contribution in [-0.2, 0) is 4.79 Å². The molecule has 1 heterocycles. The van der Waals surface area contributed by atoms with Crippen molar-refractivity contribution < 1.29 is 19.1 Å². The van der Waals surface area contributed by atoms with Crippen LogP contribution in [0.25, 0.3) is 0 Å². The molecule has 0 saturated carbocycles. The van der Waals surface area contributed by atoms with E-state index in [1.165, 1.54) is 14.2 Å². The molecule has 3 amide bonds. The summed E-state index contributed by atoms with van der Waals surface area (Å²) in [6, 6.07) is 11.0. The van der Waals surface area contributed by atoms with Gasteiger partial charge in [-0.25, -0.2) is 4.79 Å². The fourth-order valence-corrected chi connectivity index (χ4v) is 3.23. The topological polar surface area (TPSA) is 88.7 Å². The number of benzene rings is 2. The summed E-state index contributed by atoms with van der Waals surface area (Å²) in [5, 5.41) is 8.76. The van der Waals surface area contributed by atoms with Crippen molar-refractivity contribution in [2.75, 3.05) is 19.5 Å². The maximum absolute atomic E-state index is 13.0. The minimum absolute atomic E-state index is 0.355. The van der Waals surface area contributed by atoms with Gasteiger partial charge in [-0.05, 0) is 42.8 Å². The monoisotopic (exact) mass is 401 g/mol. The van der Waals surface area contributed by atoms with E-state index in [0.717, 1.165) is 0 Å². The zero-order valence-electron chi connectivity index (χ0n) is 15.6. The van der Waals surface area contributed by atoms with Crippen LogP contribution in [0.3, 0.4) is 0 Å². The van der Waals surface area contributed by atoms with Crippen molar-refractivity contribution in [3.05, 3.63) is 64.3 Å². The molecular formula is C20H20ClN3O4. The number of urea groups is 1. The third-order valence-corrected chi connectivity index (χ3v) is 4.57. The zero-order valence-corrected chi connectivity index (χ0v) is 16.4. The molecular weight excluding hydrogens is 382 g/mol. The number of halogens is 1. The first-order valence-corrected chi connectivity index (χ1v) is 8.88. The minimum atomic E-state index is -0.659. The van der Waals surface area contributed by atoms with E-state index in [2.05, 4.69) is 16.0 Å². The number of carbonyl (C=O) groups excluding carboxylic acids is 2. The Labute approximate surface area is 167 Å². The Hall–Kier alpha value is -3.19. The molecule has 0 aromatic heterocycles. The molecule has 1 aliphatic rings. The highest BCUT2D eigenvalue weighted by Crippen LogP contribution is 2.34. The van der Waals surface area contributed by atoms with E-state index in [9.17, 15) is 9.59 Å². The van der Waals surface area contributed by atoms with Crippen LogP contribution < -0.4 is 25.4 Å². The van der Waals surface area contributed by atoms with E-state index >= 15 is 0 Å². The predicted octanol–water partition coefficient (Wildman–Crippen LogP) is 3.62. The maximum Gasteiger partial charge on any atom is 0.319 e. The predicted molar refractivity (Wildman–Crippen MR) is 107 cm³/mol. The Balaban J connectivity index is 1.98. The van der Waals surface area contributed by atoms with Gasteiger partial charge in [0.05, 0.1) is 25.8 Å². The molecule has 3 rings (SSSR count). The summed E-state index contributed by atoms with van der Waals surface area (Å²) in [4.78, 5) is 25.0. The summed E-state index contributed by atoms with van der Waals surface area (Å²) in [6.07, 6.45) is 0. The van der Waals surface area contributed by atoms with Gasteiger partial charge < -0.3 is 25.4 Å². The van der Waals surface area contributed by atoms with Crippen molar-refractivity contribution in [2.45, 2.75) is 13.0 Å². The van der Waals surface area contributed by atoms with Crippen LogP contribution in [0, 0.1) is 0 Å². The van der Waals surface area contributed by atoms with Gasteiger partial charge >= 0.3 is 6.03 Å². The molecule has 0 aliphatic carbocycles. The molecule has 146 valence electrons. The van der Waals surface area contributed by atoms with Crippen LogP contribution in [-0.4, -0.2) is 26.2 Å². The van der Waals surface area contributed by atoms with Crippen molar-refractivity contribution in [1.82, 2.24) is 10.6 Å². The highest BCUT2D eigenvalue weighted by Gasteiger charge is 2.31. The molecule has 3 N–H and O–H groups in total. The van der Waals surface area contributed by atoms with Gasteiger partial charge in [-0.2, -0.15) is 0 Å². The van der Waals surface area contributed by atoms with Crippen LogP contribution in [0.5, 0.6) is 11.5 Å². The number of rotatable bonds is 5. The van der Waals surface area contributed by atoms with Gasteiger partial charge in [0.2, 0.25) is 0 Å². The largest absolute Gasteiger partial charge is 0.493 e. The molecule has 0 bridgehead atoms. The van der Waals surface area contributed by atoms with Crippen LogP contribution in [0.4, 0.5) is 10.5 Å². The van der Waals surface area contributed by atoms with Gasteiger partial charge in [0.25, 0.3) is 5.91 Å². The number of anilines is 1. The average Bonchev–Trinajstić information content (AvgIpc) is 2.66. The Kier molecular flexibility index (Phi) is 5.75. The SMILES string of the molecule is COc1ccc([C@@H]2NC(=O)NC(C)=C2C(=O)Nc2cccc(Cl)c2)cc1OC. The molecule has 28 heavy (non-hydrogen) atoms. The zero-order chi connectivity index (χ0) is 20.3. The molecule has 8 heteroatoms. The summed E-state index contributed by atoms with van der Waals surface area (Å²) in [5.41, 5.74) is 2.08. The Bertz CT molecular complexity index is 958. The van der Waals surface area contributed by atoms with Gasteiger partial charge in [-0.1, -0.05) is 23.7 Å². The Morgan fingerprint density at radius 1 is 1.11 bits per heavy atom. The normalized spacial score (nSPS) is 16.1. The highest BCUT2D eigenvalue weighted by atomic mass is 35.5. The van der Waals surface area contributed by atoms with Gasteiger partial charge in [0.1, 0.15) is 0 Å². The van der Waals surface area contributed by atoms with Crippen molar-refractivity contribution in [3.8, 4) is 11.5 Å². The summed E-state index contributed by atoms with van der Waals surface area (Å²) >= 11 is 5.99. The summed E-state index contributed by atoms with van der Waals surface area (Å²) in [5.74, 6) is 0.698. The molecule has 1 atom stereocenters. The van der Waals surface area contributed by atoms with Crippen molar-refractivity contribution in [2.24, 2.45) is 0 Å². The molecule has 2 aromatic carbocycles. The molecule has 0 radical (unpaired) electrons. The smallest absolute Gasteiger partial charge is 0.319 e. The Morgan fingerprint density at radius 2 is 1.86 bits per heavy atom.